The van der Waals surface area contributed by atoms with Crippen LogP contribution in [0.1, 0.15) is 65.2 Å². The second-order valence-corrected chi connectivity index (χ2v) is 8.42. The molecule has 0 heterocycles. The molecule has 4 rings (SSSR count). The zero-order valence-electron chi connectivity index (χ0n) is 13.8. The minimum absolute atomic E-state index is 0.304. The minimum Gasteiger partial charge on any atom is -0.340 e. The van der Waals surface area contributed by atoms with Gasteiger partial charge in [-0.15, -0.1) is 0 Å². The first-order valence-corrected chi connectivity index (χ1v) is 9.01. The van der Waals surface area contributed by atoms with Gasteiger partial charge >= 0.3 is 0 Å². The van der Waals surface area contributed by atoms with Crippen LogP contribution in [-0.4, -0.2) is 29.9 Å². The van der Waals surface area contributed by atoms with Gasteiger partial charge in [0.2, 0.25) is 5.91 Å². The van der Waals surface area contributed by atoms with Crippen molar-refractivity contribution in [3.8, 4) is 0 Å². The number of rotatable bonds is 6. The molecule has 1 amide bonds. The van der Waals surface area contributed by atoms with E-state index in [2.05, 4.69) is 18.7 Å². The first kappa shape index (κ1) is 15.3. The first-order chi connectivity index (χ1) is 10.0. The molecule has 21 heavy (non-hydrogen) atoms. The van der Waals surface area contributed by atoms with Gasteiger partial charge in [0.15, 0.2) is 0 Å². The van der Waals surface area contributed by atoms with E-state index in [0.717, 1.165) is 37.1 Å². The number of carbonyl (C=O) groups is 1. The summed E-state index contributed by atoms with van der Waals surface area (Å²) >= 11 is 0. The van der Waals surface area contributed by atoms with E-state index in [-0.39, 0.29) is 0 Å². The summed E-state index contributed by atoms with van der Waals surface area (Å²) in [7, 11) is 0. The van der Waals surface area contributed by atoms with Crippen molar-refractivity contribution in [2.75, 3.05) is 13.1 Å². The van der Waals surface area contributed by atoms with Crippen LogP contribution in [0.25, 0.3) is 0 Å². The molecule has 0 saturated heterocycles. The lowest BCUT2D eigenvalue weighted by molar-refractivity contribution is -0.141. The van der Waals surface area contributed by atoms with Crippen molar-refractivity contribution in [1.82, 2.24) is 4.90 Å². The maximum atomic E-state index is 12.9. The lowest BCUT2D eigenvalue weighted by Gasteiger charge is -2.57. The van der Waals surface area contributed by atoms with Gasteiger partial charge in [-0.25, -0.2) is 0 Å². The Hall–Kier alpha value is -0.570. The Bertz CT molecular complexity index is 355. The Kier molecular flexibility index (Phi) is 4.31. The molecule has 4 aliphatic rings. The SMILES string of the molecule is CC(C)N(CCCN)C(=O)CC12CC3CC(CC(C3)C1)C2. The smallest absolute Gasteiger partial charge is 0.223 e. The van der Waals surface area contributed by atoms with Crippen molar-refractivity contribution in [3.05, 3.63) is 0 Å². The van der Waals surface area contributed by atoms with Crippen LogP contribution >= 0.6 is 0 Å². The predicted octanol–water partition coefficient (Wildman–Crippen LogP) is 3.18. The molecule has 3 heteroatoms. The van der Waals surface area contributed by atoms with Gasteiger partial charge in [-0.2, -0.15) is 0 Å². The Morgan fingerprint density at radius 1 is 1.14 bits per heavy atom. The molecule has 4 aliphatic carbocycles. The summed E-state index contributed by atoms with van der Waals surface area (Å²) < 4.78 is 0. The van der Waals surface area contributed by atoms with Crippen LogP contribution in [0, 0.1) is 23.2 Å². The number of nitrogens with two attached hydrogens (primary N) is 1. The minimum atomic E-state index is 0.304. The number of amides is 1. The zero-order valence-corrected chi connectivity index (χ0v) is 13.8. The van der Waals surface area contributed by atoms with Crippen molar-refractivity contribution in [2.24, 2.45) is 28.9 Å². The lowest BCUT2D eigenvalue weighted by atomic mass is 9.49. The van der Waals surface area contributed by atoms with E-state index in [0.29, 0.717) is 23.9 Å². The highest BCUT2D eigenvalue weighted by Crippen LogP contribution is 2.61. The highest BCUT2D eigenvalue weighted by molar-refractivity contribution is 5.77. The summed E-state index contributed by atoms with van der Waals surface area (Å²) in [5.74, 6) is 3.18. The number of carbonyl (C=O) groups excluding carboxylic acids is 1. The monoisotopic (exact) mass is 292 g/mol. The number of nitrogens with zero attached hydrogens (tertiary/aromatic N) is 1. The molecule has 4 bridgehead atoms. The molecule has 0 aromatic carbocycles. The molecule has 0 atom stereocenters. The fraction of sp³-hybridized carbons (Fsp3) is 0.944. The van der Waals surface area contributed by atoms with E-state index in [1.165, 1.54) is 38.5 Å². The maximum Gasteiger partial charge on any atom is 0.223 e. The third-order valence-electron chi connectivity index (χ3n) is 6.24. The van der Waals surface area contributed by atoms with Gasteiger partial charge in [-0.1, -0.05) is 0 Å². The van der Waals surface area contributed by atoms with Crippen molar-refractivity contribution < 1.29 is 4.79 Å². The molecule has 2 N–H and O–H groups in total. The van der Waals surface area contributed by atoms with Gasteiger partial charge in [0, 0.05) is 19.0 Å². The number of hydrogen-bond donors (Lipinski definition) is 1. The molecule has 4 saturated carbocycles. The van der Waals surface area contributed by atoms with Crippen LogP contribution in [0.2, 0.25) is 0 Å². The second kappa shape index (κ2) is 5.91. The first-order valence-electron chi connectivity index (χ1n) is 9.01. The average molecular weight is 292 g/mol. The fourth-order valence-electron chi connectivity index (χ4n) is 5.86. The topological polar surface area (TPSA) is 46.3 Å². The van der Waals surface area contributed by atoms with Crippen molar-refractivity contribution >= 4 is 5.91 Å². The van der Waals surface area contributed by atoms with Crippen LogP contribution in [0.4, 0.5) is 0 Å². The maximum absolute atomic E-state index is 12.9. The van der Waals surface area contributed by atoms with Crippen LogP contribution in [0.3, 0.4) is 0 Å². The van der Waals surface area contributed by atoms with E-state index in [9.17, 15) is 4.79 Å². The van der Waals surface area contributed by atoms with Crippen molar-refractivity contribution in [2.45, 2.75) is 71.3 Å². The summed E-state index contributed by atoms with van der Waals surface area (Å²) in [6, 6.07) is 0.304. The highest BCUT2D eigenvalue weighted by atomic mass is 16.2. The summed E-state index contributed by atoms with van der Waals surface area (Å²) in [5, 5.41) is 0. The molecule has 3 nitrogen and oxygen atoms in total. The zero-order chi connectivity index (χ0) is 15.0. The predicted molar refractivity (Wildman–Crippen MR) is 85.7 cm³/mol. The summed E-state index contributed by atoms with van der Waals surface area (Å²) in [5.41, 5.74) is 5.99. The average Bonchev–Trinajstić information content (AvgIpc) is 2.36. The van der Waals surface area contributed by atoms with Crippen molar-refractivity contribution in [3.63, 3.8) is 0 Å². The Morgan fingerprint density at radius 2 is 1.67 bits per heavy atom. The third kappa shape index (κ3) is 3.13. The third-order valence-corrected chi connectivity index (χ3v) is 6.24. The molecule has 0 radical (unpaired) electrons. The van der Waals surface area contributed by atoms with E-state index < -0.39 is 0 Å². The van der Waals surface area contributed by atoms with Crippen LogP contribution in [0.5, 0.6) is 0 Å². The molecule has 0 unspecified atom stereocenters. The van der Waals surface area contributed by atoms with Crippen LogP contribution < -0.4 is 5.73 Å². The van der Waals surface area contributed by atoms with E-state index in [4.69, 9.17) is 5.73 Å². The lowest BCUT2D eigenvalue weighted by Crippen LogP contribution is -2.49. The van der Waals surface area contributed by atoms with Gasteiger partial charge in [0.1, 0.15) is 0 Å². The largest absolute Gasteiger partial charge is 0.340 e. The van der Waals surface area contributed by atoms with Gasteiger partial charge in [0.05, 0.1) is 0 Å². The van der Waals surface area contributed by atoms with E-state index >= 15 is 0 Å². The quantitative estimate of drug-likeness (QED) is 0.817. The summed E-state index contributed by atoms with van der Waals surface area (Å²) in [4.78, 5) is 14.9. The molecule has 0 aromatic rings. The molecular weight excluding hydrogens is 260 g/mol. The Balaban J connectivity index is 1.66. The molecule has 0 spiro atoms. The van der Waals surface area contributed by atoms with Crippen molar-refractivity contribution in [1.29, 1.82) is 0 Å². The Labute approximate surface area is 129 Å². The highest BCUT2D eigenvalue weighted by Gasteiger charge is 2.51. The number of hydrogen-bond acceptors (Lipinski definition) is 2. The second-order valence-electron chi connectivity index (χ2n) is 8.42. The van der Waals surface area contributed by atoms with Gasteiger partial charge in [-0.3, -0.25) is 4.79 Å². The van der Waals surface area contributed by atoms with Crippen LogP contribution in [-0.2, 0) is 4.79 Å². The molecule has 120 valence electrons. The van der Waals surface area contributed by atoms with E-state index in [1.807, 2.05) is 0 Å². The van der Waals surface area contributed by atoms with Gasteiger partial charge in [0.25, 0.3) is 0 Å². The summed E-state index contributed by atoms with van der Waals surface area (Å²) in [6.45, 7) is 5.77. The van der Waals surface area contributed by atoms with E-state index in [1.54, 1.807) is 0 Å². The van der Waals surface area contributed by atoms with Gasteiger partial charge < -0.3 is 10.6 Å². The standard InChI is InChI=1S/C18H32N2O/c1-13(2)20(5-3-4-19)17(21)12-18-9-14-6-15(10-18)8-16(7-14)11-18/h13-16H,3-12,19H2,1-2H3. The Morgan fingerprint density at radius 3 is 2.10 bits per heavy atom. The summed E-state index contributed by atoms with van der Waals surface area (Å²) in [6.07, 6.45) is 10.1. The molecule has 0 aromatic heterocycles. The molecule has 4 fully saturated rings. The fourth-order valence-corrected chi connectivity index (χ4v) is 5.86. The van der Waals surface area contributed by atoms with Gasteiger partial charge in [-0.05, 0) is 88.5 Å². The molecule has 0 aliphatic heterocycles. The van der Waals surface area contributed by atoms with Crippen LogP contribution in [0.15, 0.2) is 0 Å². The molecular formula is C18H32N2O. The normalized spacial score (nSPS) is 37.2.